The van der Waals surface area contributed by atoms with Gasteiger partial charge in [-0.05, 0) is 85.3 Å². The molecule has 0 unspecified atom stereocenters. The van der Waals surface area contributed by atoms with E-state index in [1.54, 1.807) is 10.7 Å². The first-order valence-corrected chi connectivity index (χ1v) is 9.35. The molecule has 5 nitrogen and oxygen atoms in total. The largest absolute Gasteiger partial charge is 0.478 e. The lowest BCUT2D eigenvalue weighted by Crippen LogP contribution is -2.07. The number of nitrogens with one attached hydrogen (secondary N) is 1. The summed E-state index contributed by atoms with van der Waals surface area (Å²) in [5.74, 6) is -1.04. The number of aromatic nitrogens is 2. The second-order valence-electron chi connectivity index (χ2n) is 6.08. The van der Waals surface area contributed by atoms with E-state index >= 15 is 0 Å². The van der Waals surface area contributed by atoms with Crippen LogP contribution in [-0.4, -0.2) is 20.9 Å². The third-order valence-corrected chi connectivity index (χ3v) is 4.99. The molecule has 0 saturated carbocycles. The van der Waals surface area contributed by atoms with Crippen molar-refractivity contribution < 1.29 is 9.90 Å². The van der Waals surface area contributed by atoms with Gasteiger partial charge in [-0.1, -0.05) is 11.6 Å². The third kappa shape index (κ3) is 3.71. The lowest BCUT2D eigenvalue weighted by Gasteiger charge is -2.16. The molecule has 3 aromatic rings. The lowest BCUT2D eigenvalue weighted by atomic mass is 10.1. The van der Waals surface area contributed by atoms with Gasteiger partial charge >= 0.3 is 5.97 Å². The van der Waals surface area contributed by atoms with Gasteiger partial charge in [-0.25, -0.2) is 9.48 Å². The predicted octanol–water partition coefficient (Wildman–Crippen LogP) is 5.50. The van der Waals surface area contributed by atoms with E-state index in [0.717, 1.165) is 26.2 Å². The first kappa shape index (κ1) is 18.7. The fourth-order valence-corrected chi connectivity index (χ4v) is 3.68. The van der Waals surface area contributed by atoms with Crippen LogP contribution in [0.5, 0.6) is 0 Å². The number of carbonyl (C=O) groups is 1. The zero-order chi connectivity index (χ0) is 19.0. The number of carboxylic acid groups (broad SMARTS) is 1. The second-order valence-corrected chi connectivity index (χ2v) is 7.73. The molecule has 0 saturated heterocycles. The van der Waals surface area contributed by atoms with Crippen LogP contribution in [-0.2, 0) is 0 Å². The molecule has 134 valence electrons. The highest BCUT2D eigenvalue weighted by Gasteiger charge is 2.17. The quantitative estimate of drug-likeness (QED) is 0.483. The van der Waals surface area contributed by atoms with Crippen molar-refractivity contribution in [3.8, 4) is 5.69 Å². The van der Waals surface area contributed by atoms with Crippen molar-refractivity contribution in [2.75, 3.05) is 5.32 Å². The number of halogens is 2. The van der Waals surface area contributed by atoms with Crippen LogP contribution in [0.4, 0.5) is 11.4 Å². The van der Waals surface area contributed by atoms with E-state index < -0.39 is 5.97 Å². The molecule has 0 aliphatic rings. The summed E-state index contributed by atoms with van der Waals surface area (Å²) in [4.78, 5) is 11.7. The number of benzene rings is 2. The topological polar surface area (TPSA) is 67.2 Å². The molecule has 0 radical (unpaired) electrons. The number of hydrogen-bond acceptors (Lipinski definition) is 3. The van der Waals surface area contributed by atoms with Crippen LogP contribution in [0.15, 0.2) is 36.4 Å². The van der Waals surface area contributed by atoms with Crippen molar-refractivity contribution in [1.29, 1.82) is 0 Å². The fraction of sp³-hybridized carbons (Fsp3) is 0.158. The minimum atomic E-state index is -1.04. The smallest absolute Gasteiger partial charge is 0.337 e. The maximum Gasteiger partial charge on any atom is 0.337 e. The van der Waals surface area contributed by atoms with E-state index in [-0.39, 0.29) is 5.56 Å². The number of anilines is 2. The second kappa shape index (κ2) is 7.28. The highest BCUT2D eigenvalue weighted by Crippen LogP contribution is 2.32. The number of rotatable bonds is 4. The standard InChI is InChI=1S/C19H17ClIN3O2/c1-10-6-13(21)4-5-16(10)22-17-9-18(15(20)8-14(17)19(25)26)24-12(3)7-11(2)23-24/h4-9,22H,1-3H3,(H,25,26). The normalized spacial score (nSPS) is 10.8. The fourth-order valence-electron chi connectivity index (χ4n) is 2.79. The molecular weight excluding hydrogens is 465 g/mol. The highest BCUT2D eigenvalue weighted by molar-refractivity contribution is 14.1. The summed E-state index contributed by atoms with van der Waals surface area (Å²) in [5.41, 5.74) is 4.86. The van der Waals surface area contributed by atoms with Crippen LogP contribution in [0.2, 0.25) is 5.02 Å². The Hall–Kier alpha value is -2.06. The molecule has 1 aromatic heterocycles. The third-order valence-electron chi connectivity index (χ3n) is 4.01. The van der Waals surface area contributed by atoms with Crippen LogP contribution in [0.1, 0.15) is 27.3 Å². The Bertz CT molecular complexity index is 1010. The Balaban J connectivity index is 2.14. The van der Waals surface area contributed by atoms with E-state index in [1.807, 2.05) is 45.0 Å². The molecule has 1 heterocycles. The molecule has 0 amide bonds. The molecule has 2 N–H and O–H groups in total. The maximum absolute atomic E-state index is 11.7. The SMILES string of the molecule is Cc1cc(C)n(-c2cc(Nc3ccc(I)cc3C)c(C(=O)O)cc2Cl)n1. The molecular formula is C19H17ClIN3O2. The summed E-state index contributed by atoms with van der Waals surface area (Å²) in [6, 6.07) is 11.1. The molecule has 26 heavy (non-hydrogen) atoms. The molecule has 7 heteroatoms. The van der Waals surface area contributed by atoms with Crippen molar-refractivity contribution in [3.05, 3.63) is 67.5 Å². The monoisotopic (exact) mass is 481 g/mol. The molecule has 2 aromatic carbocycles. The Morgan fingerprint density at radius 1 is 1.15 bits per heavy atom. The van der Waals surface area contributed by atoms with Crippen LogP contribution in [0.25, 0.3) is 5.69 Å². The Morgan fingerprint density at radius 2 is 1.88 bits per heavy atom. The van der Waals surface area contributed by atoms with Crippen LogP contribution in [0.3, 0.4) is 0 Å². The Labute approximate surface area is 170 Å². The van der Waals surface area contributed by atoms with E-state index in [2.05, 4.69) is 33.0 Å². The summed E-state index contributed by atoms with van der Waals surface area (Å²) >= 11 is 8.61. The van der Waals surface area contributed by atoms with Gasteiger partial charge in [-0.2, -0.15) is 5.10 Å². The van der Waals surface area contributed by atoms with Crippen molar-refractivity contribution in [2.24, 2.45) is 0 Å². The number of aromatic carboxylic acids is 1. The number of nitrogens with zero attached hydrogens (tertiary/aromatic N) is 2. The van der Waals surface area contributed by atoms with Gasteiger partial charge in [0.1, 0.15) is 0 Å². The van der Waals surface area contributed by atoms with Crippen LogP contribution in [0, 0.1) is 24.3 Å². The average Bonchev–Trinajstić information content (AvgIpc) is 2.89. The zero-order valence-corrected chi connectivity index (χ0v) is 17.4. The summed E-state index contributed by atoms with van der Waals surface area (Å²) in [6.07, 6.45) is 0. The zero-order valence-electron chi connectivity index (χ0n) is 14.5. The van der Waals surface area contributed by atoms with Crippen molar-refractivity contribution in [3.63, 3.8) is 0 Å². The first-order chi connectivity index (χ1) is 12.3. The molecule has 3 rings (SSSR count). The minimum Gasteiger partial charge on any atom is -0.478 e. The first-order valence-electron chi connectivity index (χ1n) is 7.90. The molecule has 0 bridgehead atoms. The summed E-state index contributed by atoms with van der Waals surface area (Å²) in [7, 11) is 0. The van der Waals surface area contributed by atoms with Gasteiger partial charge in [0.25, 0.3) is 0 Å². The van der Waals surface area contributed by atoms with Crippen molar-refractivity contribution >= 4 is 51.5 Å². The van der Waals surface area contributed by atoms with Gasteiger partial charge in [-0.3, -0.25) is 0 Å². The highest BCUT2D eigenvalue weighted by atomic mass is 127. The molecule has 0 aliphatic heterocycles. The van der Waals surface area contributed by atoms with Gasteiger partial charge in [0.05, 0.1) is 27.7 Å². The van der Waals surface area contributed by atoms with E-state index in [9.17, 15) is 9.90 Å². The Kier molecular flexibility index (Phi) is 5.24. The number of carboxylic acids is 1. The van der Waals surface area contributed by atoms with Crippen molar-refractivity contribution in [2.45, 2.75) is 20.8 Å². The average molecular weight is 482 g/mol. The van der Waals surface area contributed by atoms with E-state index in [4.69, 9.17) is 11.6 Å². The van der Waals surface area contributed by atoms with Gasteiger partial charge in [-0.15, -0.1) is 0 Å². The molecule has 0 fully saturated rings. The minimum absolute atomic E-state index is 0.109. The van der Waals surface area contributed by atoms with Gasteiger partial charge < -0.3 is 10.4 Å². The lowest BCUT2D eigenvalue weighted by molar-refractivity contribution is 0.0698. The summed E-state index contributed by atoms with van der Waals surface area (Å²) < 4.78 is 2.83. The van der Waals surface area contributed by atoms with Gasteiger partial charge in [0.15, 0.2) is 0 Å². The van der Waals surface area contributed by atoms with E-state index in [1.165, 1.54) is 6.07 Å². The van der Waals surface area contributed by atoms with Gasteiger partial charge in [0.2, 0.25) is 0 Å². The van der Waals surface area contributed by atoms with Crippen molar-refractivity contribution in [1.82, 2.24) is 9.78 Å². The van der Waals surface area contributed by atoms with Crippen LogP contribution >= 0.6 is 34.2 Å². The van der Waals surface area contributed by atoms with Gasteiger partial charge in [0, 0.05) is 15.0 Å². The number of hydrogen-bond donors (Lipinski definition) is 2. The molecule has 0 spiro atoms. The van der Waals surface area contributed by atoms with E-state index in [0.29, 0.717) is 16.4 Å². The summed E-state index contributed by atoms with van der Waals surface area (Å²) in [5, 5.41) is 17.6. The predicted molar refractivity (Wildman–Crippen MR) is 112 cm³/mol. The Morgan fingerprint density at radius 3 is 2.46 bits per heavy atom. The molecule has 0 aliphatic carbocycles. The number of aryl methyl sites for hydroxylation is 3. The summed E-state index contributed by atoms with van der Waals surface area (Å²) in [6.45, 7) is 5.80. The molecule has 0 atom stereocenters. The van der Waals surface area contributed by atoms with Crippen LogP contribution < -0.4 is 5.32 Å². The maximum atomic E-state index is 11.7.